The van der Waals surface area contributed by atoms with Crippen molar-refractivity contribution in [3.8, 4) is 11.5 Å². The van der Waals surface area contributed by atoms with Gasteiger partial charge in [-0.1, -0.05) is 23.2 Å². The highest BCUT2D eigenvalue weighted by molar-refractivity contribution is 6.32. The number of halogens is 3. The van der Waals surface area contributed by atoms with E-state index in [0.29, 0.717) is 16.5 Å². The molecule has 154 valence electrons. The molecule has 2 heterocycles. The van der Waals surface area contributed by atoms with E-state index in [1.54, 1.807) is 0 Å². The fourth-order valence-electron chi connectivity index (χ4n) is 2.64. The molecule has 0 bridgehead atoms. The van der Waals surface area contributed by atoms with Crippen LogP contribution in [-0.2, 0) is 9.59 Å². The maximum absolute atomic E-state index is 13.9. The molecule has 0 unspecified atom stereocenters. The molecule has 0 atom stereocenters. The molecule has 2 N–H and O–H groups in total. The van der Waals surface area contributed by atoms with Crippen LogP contribution < -0.4 is 25.0 Å². The van der Waals surface area contributed by atoms with Gasteiger partial charge in [0.15, 0.2) is 18.2 Å². The molecule has 0 aliphatic carbocycles. The normalized spacial score (nSPS) is 12.8. The minimum atomic E-state index is -0.539. The van der Waals surface area contributed by atoms with Gasteiger partial charge in [-0.2, -0.15) is 0 Å². The Kier molecular flexibility index (Phi) is 6.60. The first kappa shape index (κ1) is 20.9. The zero-order valence-corrected chi connectivity index (χ0v) is 16.8. The van der Waals surface area contributed by atoms with Crippen LogP contribution in [0, 0.1) is 5.82 Å². The van der Waals surface area contributed by atoms with Crippen molar-refractivity contribution in [1.29, 1.82) is 0 Å². The Hall–Kier alpha value is -2.78. The quantitative estimate of drug-likeness (QED) is 0.639. The van der Waals surface area contributed by atoms with Gasteiger partial charge in [0.2, 0.25) is 5.91 Å². The minimum Gasteiger partial charge on any atom is -0.495 e. The van der Waals surface area contributed by atoms with Crippen LogP contribution in [0.1, 0.15) is 0 Å². The van der Waals surface area contributed by atoms with Gasteiger partial charge in [0.1, 0.15) is 18.1 Å². The number of hydrogen-bond donors (Lipinski definition) is 2. The molecule has 2 amide bonds. The molecule has 0 fully saturated rings. The molecule has 8 nitrogen and oxygen atoms in total. The Morgan fingerprint density at radius 1 is 1.34 bits per heavy atom. The number of rotatable bonds is 7. The number of hydrogen-bond acceptors (Lipinski definition) is 6. The van der Waals surface area contributed by atoms with Gasteiger partial charge in [-0.15, -0.1) is 0 Å². The number of methoxy groups -OCH3 is 1. The Labute approximate surface area is 175 Å². The molecular weight excluding hydrogens is 426 g/mol. The molecule has 11 heteroatoms. The van der Waals surface area contributed by atoms with E-state index in [0.717, 1.165) is 6.07 Å². The number of fused-ring (bicyclic) bond motifs is 1. The topological polar surface area (TPSA) is 92.8 Å². The third kappa shape index (κ3) is 4.99. The van der Waals surface area contributed by atoms with Gasteiger partial charge in [0, 0.05) is 31.4 Å². The maximum Gasteiger partial charge on any atom is 0.266 e. The standard InChI is InChI=1S/C18H17Cl2FN4O4/c1-28-14-6-13(12(21)5-11(14)20)22-2-3-23-16(26)8-25-17(27)9-29-15-4-10(19)7-24-18(15)25/h4-7,22H,2-3,8-9H2,1H3,(H,23,26). The number of nitrogens with zero attached hydrogens (tertiary/aromatic N) is 2. The summed E-state index contributed by atoms with van der Waals surface area (Å²) in [6, 6.07) is 4.10. The van der Waals surface area contributed by atoms with Crippen molar-refractivity contribution in [3.63, 3.8) is 0 Å². The summed E-state index contributed by atoms with van der Waals surface area (Å²) < 4.78 is 24.2. The molecule has 1 aromatic heterocycles. The van der Waals surface area contributed by atoms with E-state index in [1.807, 2.05) is 0 Å². The van der Waals surface area contributed by atoms with Crippen molar-refractivity contribution in [2.75, 3.05) is 43.6 Å². The van der Waals surface area contributed by atoms with Gasteiger partial charge in [0.05, 0.1) is 22.8 Å². The van der Waals surface area contributed by atoms with Gasteiger partial charge >= 0.3 is 0 Å². The molecule has 0 spiro atoms. The lowest BCUT2D eigenvalue weighted by molar-refractivity contribution is -0.125. The summed E-state index contributed by atoms with van der Waals surface area (Å²) in [7, 11) is 1.43. The molecule has 1 aliphatic rings. The van der Waals surface area contributed by atoms with E-state index in [2.05, 4.69) is 15.6 Å². The smallest absolute Gasteiger partial charge is 0.266 e. The van der Waals surface area contributed by atoms with Crippen LogP contribution in [0.25, 0.3) is 0 Å². The molecule has 1 aromatic carbocycles. The fraction of sp³-hybridized carbons (Fsp3) is 0.278. The number of carbonyl (C=O) groups is 2. The largest absolute Gasteiger partial charge is 0.495 e. The first-order valence-electron chi connectivity index (χ1n) is 8.51. The molecule has 1 aliphatic heterocycles. The van der Waals surface area contributed by atoms with Crippen molar-refractivity contribution in [3.05, 3.63) is 40.3 Å². The van der Waals surface area contributed by atoms with Gasteiger partial charge in [-0.05, 0) is 6.07 Å². The fourth-order valence-corrected chi connectivity index (χ4v) is 3.02. The number of aromatic nitrogens is 1. The SMILES string of the molecule is COc1cc(NCCNC(=O)CN2C(=O)COc3cc(Cl)cnc32)c(F)cc1Cl. The molecule has 29 heavy (non-hydrogen) atoms. The van der Waals surface area contributed by atoms with Gasteiger partial charge < -0.3 is 20.1 Å². The number of amides is 2. The van der Waals surface area contributed by atoms with Crippen LogP contribution in [0.3, 0.4) is 0 Å². The number of ether oxygens (including phenoxy) is 2. The predicted octanol–water partition coefficient (Wildman–Crippen LogP) is 2.49. The van der Waals surface area contributed by atoms with Crippen molar-refractivity contribution < 1.29 is 23.5 Å². The second kappa shape index (κ2) is 9.15. The van der Waals surface area contributed by atoms with Crippen molar-refractivity contribution in [2.24, 2.45) is 0 Å². The van der Waals surface area contributed by atoms with E-state index in [-0.39, 0.29) is 42.8 Å². The van der Waals surface area contributed by atoms with Crippen LogP contribution in [0.15, 0.2) is 24.4 Å². The molecule has 0 saturated carbocycles. The molecule has 0 saturated heterocycles. The lowest BCUT2D eigenvalue weighted by Crippen LogP contribution is -2.46. The first-order valence-corrected chi connectivity index (χ1v) is 9.27. The second-order valence-corrected chi connectivity index (χ2v) is 6.83. The summed E-state index contributed by atoms with van der Waals surface area (Å²) in [6.45, 7) is 0.00604. The molecular formula is C18H17Cl2FN4O4. The average molecular weight is 443 g/mol. The zero-order valence-electron chi connectivity index (χ0n) is 15.3. The molecule has 3 rings (SSSR count). The summed E-state index contributed by atoms with van der Waals surface area (Å²) in [5, 5.41) is 6.02. The lowest BCUT2D eigenvalue weighted by atomic mass is 10.3. The van der Waals surface area contributed by atoms with Crippen LogP contribution in [0.4, 0.5) is 15.9 Å². The minimum absolute atomic E-state index is 0.161. The highest BCUT2D eigenvalue weighted by atomic mass is 35.5. The summed E-state index contributed by atoms with van der Waals surface area (Å²) in [6.07, 6.45) is 1.37. The van der Waals surface area contributed by atoms with Gasteiger partial charge in [-0.3, -0.25) is 14.5 Å². The Bertz CT molecular complexity index is 944. The lowest BCUT2D eigenvalue weighted by Gasteiger charge is -2.27. The number of benzene rings is 1. The first-order chi connectivity index (χ1) is 13.9. The van der Waals surface area contributed by atoms with Gasteiger partial charge in [-0.25, -0.2) is 9.37 Å². The third-order valence-electron chi connectivity index (χ3n) is 4.01. The van der Waals surface area contributed by atoms with Gasteiger partial charge in [0.25, 0.3) is 5.91 Å². The second-order valence-electron chi connectivity index (χ2n) is 5.99. The van der Waals surface area contributed by atoms with Crippen molar-refractivity contribution >= 4 is 46.5 Å². The Balaban J connectivity index is 1.53. The van der Waals surface area contributed by atoms with Crippen LogP contribution in [0.5, 0.6) is 11.5 Å². The number of nitrogens with one attached hydrogen (secondary N) is 2. The van der Waals surface area contributed by atoms with E-state index in [4.69, 9.17) is 32.7 Å². The highest BCUT2D eigenvalue weighted by Gasteiger charge is 2.28. The van der Waals surface area contributed by atoms with Crippen LogP contribution >= 0.6 is 23.2 Å². The monoisotopic (exact) mass is 442 g/mol. The molecule has 0 radical (unpaired) electrons. The zero-order chi connectivity index (χ0) is 21.0. The van der Waals surface area contributed by atoms with E-state index >= 15 is 0 Å². The summed E-state index contributed by atoms with van der Waals surface area (Å²) in [5.74, 6) is -0.443. The number of anilines is 2. The Morgan fingerprint density at radius 2 is 2.14 bits per heavy atom. The van der Waals surface area contributed by atoms with Crippen LogP contribution in [-0.4, -0.2) is 50.1 Å². The summed E-state index contributed by atoms with van der Waals surface area (Å²) in [4.78, 5) is 29.6. The van der Waals surface area contributed by atoms with E-state index in [9.17, 15) is 14.0 Å². The summed E-state index contributed by atoms with van der Waals surface area (Å²) >= 11 is 11.7. The maximum atomic E-state index is 13.9. The molecule has 2 aromatic rings. The van der Waals surface area contributed by atoms with Crippen molar-refractivity contribution in [2.45, 2.75) is 0 Å². The van der Waals surface area contributed by atoms with E-state index < -0.39 is 17.6 Å². The third-order valence-corrected chi connectivity index (χ3v) is 4.52. The number of pyridine rings is 1. The van der Waals surface area contributed by atoms with E-state index in [1.165, 1.54) is 30.3 Å². The highest BCUT2D eigenvalue weighted by Crippen LogP contribution is 2.32. The average Bonchev–Trinajstić information content (AvgIpc) is 2.68. The number of carbonyl (C=O) groups excluding carboxylic acids is 2. The predicted molar refractivity (Wildman–Crippen MR) is 107 cm³/mol. The van der Waals surface area contributed by atoms with Crippen molar-refractivity contribution in [1.82, 2.24) is 10.3 Å². The van der Waals surface area contributed by atoms with Crippen LogP contribution in [0.2, 0.25) is 10.0 Å². The Morgan fingerprint density at radius 3 is 2.90 bits per heavy atom. The summed E-state index contributed by atoms with van der Waals surface area (Å²) in [5.41, 5.74) is 0.193.